The van der Waals surface area contributed by atoms with E-state index in [1.165, 1.54) is 16.9 Å². The van der Waals surface area contributed by atoms with Gasteiger partial charge in [0.05, 0.1) is 0 Å². The number of aryl methyl sites for hydroxylation is 2. The third kappa shape index (κ3) is 4.43. The Labute approximate surface area is 143 Å². The Morgan fingerprint density at radius 2 is 1.88 bits per heavy atom. The first-order valence-corrected chi connectivity index (χ1v) is 7.64. The molecule has 0 aliphatic carbocycles. The van der Waals surface area contributed by atoms with Gasteiger partial charge in [0.25, 0.3) is 5.91 Å². The Hall–Kier alpha value is -3.17. The van der Waals surface area contributed by atoms with Gasteiger partial charge < -0.3 is 15.7 Å². The Morgan fingerprint density at radius 3 is 2.44 bits per heavy atom. The van der Waals surface area contributed by atoms with Crippen molar-refractivity contribution < 1.29 is 19.5 Å². The van der Waals surface area contributed by atoms with Gasteiger partial charge in [0, 0.05) is 32.0 Å². The van der Waals surface area contributed by atoms with Gasteiger partial charge in [-0.2, -0.15) is 10.2 Å². The molecule has 1 unspecified atom stereocenters. The number of amides is 2. The van der Waals surface area contributed by atoms with E-state index in [9.17, 15) is 14.4 Å². The van der Waals surface area contributed by atoms with E-state index < -0.39 is 12.0 Å². The normalized spacial score (nSPS) is 11.8. The van der Waals surface area contributed by atoms with Gasteiger partial charge in [0.15, 0.2) is 5.69 Å². The monoisotopic (exact) mass is 348 g/mol. The number of rotatable bonds is 7. The van der Waals surface area contributed by atoms with E-state index in [2.05, 4.69) is 20.8 Å². The Bertz CT molecular complexity index is 774. The van der Waals surface area contributed by atoms with E-state index in [0.29, 0.717) is 5.69 Å². The van der Waals surface area contributed by atoms with Gasteiger partial charge in [0.1, 0.15) is 11.7 Å². The summed E-state index contributed by atoms with van der Waals surface area (Å²) in [7, 11) is 1.75. The highest BCUT2D eigenvalue weighted by Crippen LogP contribution is 2.06. The van der Waals surface area contributed by atoms with E-state index in [1.54, 1.807) is 24.7 Å². The molecular weight excluding hydrogens is 328 g/mol. The van der Waals surface area contributed by atoms with Crippen molar-refractivity contribution >= 4 is 17.8 Å². The highest BCUT2D eigenvalue weighted by atomic mass is 16.4. The molecule has 0 fully saturated rings. The van der Waals surface area contributed by atoms with Crippen LogP contribution >= 0.6 is 0 Å². The molecule has 134 valence electrons. The maximum Gasteiger partial charge on any atom is 0.356 e. The standard InChI is InChI=1S/C15H20N6O4/c1-9-8-12(18-20(9)3)14(23)17-6-5-16-13(22)10(2)21-7-4-11(19-21)15(24)25/h4,7-8,10H,5-6H2,1-3H3,(H,16,22)(H,17,23)(H,24,25). The number of hydrogen-bond acceptors (Lipinski definition) is 5. The minimum atomic E-state index is -1.15. The zero-order valence-corrected chi connectivity index (χ0v) is 14.2. The van der Waals surface area contributed by atoms with Crippen LogP contribution in [0, 0.1) is 6.92 Å². The van der Waals surface area contributed by atoms with Gasteiger partial charge in [-0.1, -0.05) is 0 Å². The first kappa shape index (κ1) is 18.2. The van der Waals surface area contributed by atoms with Crippen LogP contribution in [0.15, 0.2) is 18.3 Å². The van der Waals surface area contributed by atoms with Gasteiger partial charge in [-0.3, -0.25) is 19.0 Å². The molecule has 2 heterocycles. The molecule has 10 nitrogen and oxygen atoms in total. The maximum absolute atomic E-state index is 12.0. The number of nitrogens with zero attached hydrogens (tertiary/aromatic N) is 4. The van der Waals surface area contributed by atoms with Crippen LogP contribution < -0.4 is 10.6 Å². The number of carboxylic acids is 1. The molecular formula is C15H20N6O4. The van der Waals surface area contributed by atoms with Gasteiger partial charge in [-0.25, -0.2) is 4.79 Å². The van der Waals surface area contributed by atoms with Gasteiger partial charge >= 0.3 is 5.97 Å². The number of carbonyl (C=O) groups excluding carboxylic acids is 2. The van der Waals surface area contributed by atoms with Crippen molar-refractivity contribution in [1.82, 2.24) is 30.2 Å². The van der Waals surface area contributed by atoms with Crippen LogP contribution in [0.1, 0.15) is 39.6 Å². The molecule has 25 heavy (non-hydrogen) atoms. The average molecular weight is 348 g/mol. The minimum absolute atomic E-state index is 0.127. The summed E-state index contributed by atoms with van der Waals surface area (Å²) in [6.45, 7) is 3.92. The van der Waals surface area contributed by atoms with Crippen LogP contribution in [0.4, 0.5) is 0 Å². The summed E-state index contributed by atoms with van der Waals surface area (Å²) in [5, 5.41) is 22.0. The second-order valence-electron chi connectivity index (χ2n) is 5.50. The molecule has 0 bridgehead atoms. The van der Waals surface area contributed by atoms with Crippen molar-refractivity contribution in [2.75, 3.05) is 13.1 Å². The molecule has 2 aromatic rings. The molecule has 0 radical (unpaired) electrons. The SMILES string of the molecule is Cc1cc(C(=O)NCCNC(=O)C(C)n2ccc(C(=O)O)n2)nn1C. The smallest absolute Gasteiger partial charge is 0.356 e. The quantitative estimate of drug-likeness (QED) is 0.590. The molecule has 3 N–H and O–H groups in total. The highest BCUT2D eigenvalue weighted by Gasteiger charge is 2.17. The molecule has 2 rings (SSSR count). The largest absolute Gasteiger partial charge is 0.476 e. The first-order valence-electron chi connectivity index (χ1n) is 7.64. The lowest BCUT2D eigenvalue weighted by molar-refractivity contribution is -0.124. The third-order valence-electron chi connectivity index (χ3n) is 3.66. The molecule has 0 aliphatic heterocycles. The predicted octanol–water partition coefficient (Wildman–Crippen LogP) is -0.270. The zero-order valence-electron chi connectivity index (χ0n) is 14.2. The van der Waals surface area contributed by atoms with Crippen molar-refractivity contribution in [1.29, 1.82) is 0 Å². The third-order valence-corrected chi connectivity index (χ3v) is 3.66. The number of carboxylic acid groups (broad SMARTS) is 1. The number of nitrogens with one attached hydrogen (secondary N) is 2. The van der Waals surface area contributed by atoms with Crippen LogP contribution in [0.3, 0.4) is 0 Å². The fraction of sp³-hybridized carbons (Fsp3) is 0.400. The minimum Gasteiger partial charge on any atom is -0.476 e. The molecule has 0 spiro atoms. The summed E-state index contributed by atoms with van der Waals surface area (Å²) >= 11 is 0. The molecule has 0 aromatic carbocycles. The Balaban J connectivity index is 1.77. The summed E-state index contributed by atoms with van der Waals surface area (Å²) in [6, 6.07) is 2.33. The summed E-state index contributed by atoms with van der Waals surface area (Å²) in [4.78, 5) is 34.7. The Morgan fingerprint density at radius 1 is 1.20 bits per heavy atom. The van der Waals surface area contributed by atoms with Gasteiger partial charge in [0.2, 0.25) is 5.91 Å². The Kier molecular flexibility index (Phi) is 5.52. The van der Waals surface area contributed by atoms with Crippen LogP contribution in [0.5, 0.6) is 0 Å². The number of hydrogen-bond donors (Lipinski definition) is 3. The summed E-state index contributed by atoms with van der Waals surface area (Å²) in [5.74, 6) is -1.80. The van der Waals surface area contributed by atoms with Crippen LogP contribution in [0.2, 0.25) is 0 Å². The second kappa shape index (κ2) is 7.60. The first-order chi connectivity index (χ1) is 11.8. The molecule has 0 saturated carbocycles. The molecule has 1 atom stereocenters. The molecule has 10 heteroatoms. The number of aromatic nitrogens is 4. The van der Waals surface area contributed by atoms with E-state index >= 15 is 0 Å². The number of aromatic carboxylic acids is 1. The lowest BCUT2D eigenvalue weighted by Crippen LogP contribution is -2.37. The molecule has 0 aliphatic rings. The van der Waals surface area contributed by atoms with Gasteiger partial charge in [-0.05, 0) is 26.0 Å². The highest BCUT2D eigenvalue weighted by molar-refractivity contribution is 5.92. The summed E-state index contributed by atoms with van der Waals surface area (Å²) in [6.07, 6.45) is 1.43. The van der Waals surface area contributed by atoms with Crippen molar-refractivity contribution in [3.63, 3.8) is 0 Å². The fourth-order valence-electron chi connectivity index (χ4n) is 2.06. The number of carbonyl (C=O) groups is 3. The van der Waals surface area contributed by atoms with E-state index in [-0.39, 0.29) is 30.6 Å². The van der Waals surface area contributed by atoms with Crippen molar-refractivity contribution in [2.45, 2.75) is 19.9 Å². The van der Waals surface area contributed by atoms with Crippen LogP contribution in [-0.4, -0.2) is 55.5 Å². The van der Waals surface area contributed by atoms with Gasteiger partial charge in [-0.15, -0.1) is 0 Å². The summed E-state index contributed by atoms with van der Waals surface area (Å²) in [5.41, 5.74) is 1.06. The predicted molar refractivity (Wildman–Crippen MR) is 87.2 cm³/mol. The second-order valence-corrected chi connectivity index (χ2v) is 5.50. The molecule has 2 aromatic heterocycles. The van der Waals surface area contributed by atoms with E-state index in [1.807, 2.05) is 6.92 Å². The average Bonchev–Trinajstić information content (AvgIpc) is 3.18. The van der Waals surface area contributed by atoms with E-state index in [4.69, 9.17) is 5.11 Å². The lowest BCUT2D eigenvalue weighted by atomic mass is 10.3. The molecule has 0 saturated heterocycles. The van der Waals surface area contributed by atoms with Crippen LogP contribution in [-0.2, 0) is 11.8 Å². The van der Waals surface area contributed by atoms with Crippen molar-refractivity contribution in [3.8, 4) is 0 Å². The zero-order chi connectivity index (χ0) is 18.6. The fourth-order valence-corrected chi connectivity index (χ4v) is 2.06. The van der Waals surface area contributed by atoms with E-state index in [0.717, 1.165) is 5.69 Å². The summed E-state index contributed by atoms with van der Waals surface area (Å²) < 4.78 is 2.88. The van der Waals surface area contributed by atoms with Crippen LogP contribution in [0.25, 0.3) is 0 Å². The topological polar surface area (TPSA) is 131 Å². The lowest BCUT2D eigenvalue weighted by Gasteiger charge is -2.12. The van der Waals surface area contributed by atoms with Crippen molar-refractivity contribution in [3.05, 3.63) is 35.4 Å². The molecule has 2 amide bonds. The van der Waals surface area contributed by atoms with Crippen molar-refractivity contribution in [2.24, 2.45) is 7.05 Å². The maximum atomic E-state index is 12.0.